The van der Waals surface area contributed by atoms with Crippen LogP contribution in [-0.4, -0.2) is 141 Å². The molecule has 0 unspecified atom stereocenters. The van der Waals surface area contributed by atoms with Crippen LogP contribution < -0.4 is 27.4 Å². The number of carbonyl (C=O) groups excluding carboxylic acids is 9. The molecule has 4 aromatic carbocycles. The van der Waals surface area contributed by atoms with Gasteiger partial charge >= 0.3 is 6.03 Å². The summed E-state index contributed by atoms with van der Waals surface area (Å²) in [5.74, 6) is -1.59. The lowest BCUT2D eigenvalue weighted by atomic mass is 10.0. The monoisotopic (exact) mass is 1010 g/mol. The summed E-state index contributed by atoms with van der Waals surface area (Å²) in [5, 5.41) is 2.25. The highest BCUT2D eigenvalue weighted by Gasteiger charge is 2.33. The maximum atomic E-state index is 14.8. The molecule has 2 aromatic heterocycles. The predicted octanol–water partition coefficient (Wildman–Crippen LogP) is 3.72. The molecule has 8 N–H and O–H groups in total. The molecule has 4 heterocycles. The van der Waals surface area contributed by atoms with E-state index in [1.54, 1.807) is 79.1 Å². The zero-order valence-corrected chi connectivity index (χ0v) is 39.9. The Kier molecular flexibility index (Phi) is 16.5. The fraction of sp³-hybridized carbons (Fsp3) is 0.245. The van der Waals surface area contributed by atoms with Gasteiger partial charge < -0.3 is 34.9 Å². The summed E-state index contributed by atoms with van der Waals surface area (Å²) >= 11 is 0. The van der Waals surface area contributed by atoms with Crippen LogP contribution in [0, 0.1) is 11.6 Å². The van der Waals surface area contributed by atoms with E-state index in [1.807, 2.05) is 17.6 Å². The number of piperazine rings is 2. The van der Waals surface area contributed by atoms with Crippen molar-refractivity contribution >= 4 is 87.3 Å². The molecule has 0 radical (unpaired) electrons. The van der Waals surface area contributed by atoms with Gasteiger partial charge in [-0.05, 0) is 69.3 Å². The molecular formula is C49H50ClF2N11O9. The molecule has 8 amide bonds. The average Bonchev–Trinajstić information content (AvgIpc) is 4.04. The average molecular weight is 1010 g/mol. The van der Waals surface area contributed by atoms with Crippen molar-refractivity contribution in [1.29, 1.82) is 0 Å². The molecule has 72 heavy (non-hydrogen) atoms. The van der Waals surface area contributed by atoms with E-state index in [0.29, 0.717) is 11.1 Å². The number of hydrogen-bond donors (Lipinski definition) is 7. The number of rotatable bonds is 8. The molecular weight excluding hydrogens is 960 g/mol. The Bertz CT molecular complexity index is 3070. The molecule has 2 fully saturated rings. The molecule has 2 saturated heterocycles. The number of benzene rings is 4. The van der Waals surface area contributed by atoms with Crippen molar-refractivity contribution in [1.82, 2.24) is 51.2 Å². The number of hydrazine groups is 2. The number of aromatic amines is 2. The van der Waals surface area contributed by atoms with Gasteiger partial charge in [-0.15, -0.1) is 12.4 Å². The van der Waals surface area contributed by atoms with Gasteiger partial charge in [-0.25, -0.2) is 24.8 Å². The van der Waals surface area contributed by atoms with Gasteiger partial charge in [0.25, 0.3) is 47.0 Å². The van der Waals surface area contributed by atoms with Gasteiger partial charge in [0, 0.05) is 92.2 Å². The number of nitrogens with one attached hydrogen (secondary N) is 6. The van der Waals surface area contributed by atoms with E-state index in [-0.39, 0.29) is 121 Å². The highest BCUT2D eigenvalue weighted by atomic mass is 35.5. The van der Waals surface area contributed by atoms with Crippen molar-refractivity contribution in [2.24, 2.45) is 5.84 Å². The number of urea groups is 1. The number of nitrogen functional groups attached to an aromatic ring is 1. The quantitative estimate of drug-likeness (QED) is 0.0382. The van der Waals surface area contributed by atoms with Crippen molar-refractivity contribution in [3.63, 3.8) is 0 Å². The molecule has 0 spiro atoms. The van der Waals surface area contributed by atoms with Crippen LogP contribution in [-0.2, 0) is 9.59 Å². The van der Waals surface area contributed by atoms with E-state index >= 15 is 0 Å². The zero-order chi connectivity index (χ0) is 51.1. The van der Waals surface area contributed by atoms with Crippen LogP contribution in [0.15, 0.2) is 97.3 Å². The van der Waals surface area contributed by atoms with E-state index < -0.39 is 58.4 Å². The van der Waals surface area contributed by atoms with Gasteiger partial charge in [-0.3, -0.25) is 49.2 Å². The number of Topliss-reactive ketones (excluding diaryl/α,β-unsaturated/α-hetero) is 2. The minimum Gasteiger partial charge on any atom is -0.360 e. The fourth-order valence-electron chi connectivity index (χ4n) is 8.05. The van der Waals surface area contributed by atoms with Crippen molar-refractivity contribution < 1.29 is 51.9 Å². The lowest BCUT2D eigenvalue weighted by Gasteiger charge is -2.34. The van der Waals surface area contributed by atoms with Gasteiger partial charge in [0.15, 0.2) is 0 Å². The van der Waals surface area contributed by atoms with Crippen LogP contribution in [0.25, 0.3) is 21.8 Å². The Morgan fingerprint density at radius 3 is 1.26 bits per heavy atom. The highest BCUT2D eigenvalue weighted by molar-refractivity contribution is 6.45. The van der Waals surface area contributed by atoms with E-state index in [9.17, 15) is 51.9 Å². The summed E-state index contributed by atoms with van der Waals surface area (Å²) in [5.41, 5.74) is 6.64. The first-order valence-corrected chi connectivity index (χ1v) is 22.2. The number of nitrogens with zero attached hydrogens (tertiary/aromatic N) is 4. The second-order valence-corrected chi connectivity index (χ2v) is 17.4. The maximum absolute atomic E-state index is 14.8. The molecule has 0 bridgehead atoms. The Morgan fingerprint density at radius 1 is 0.514 bits per heavy atom. The third-order valence-electron chi connectivity index (χ3n) is 11.6. The molecule has 0 aliphatic carbocycles. The van der Waals surface area contributed by atoms with E-state index in [1.165, 1.54) is 34.3 Å². The number of nitrogens with two attached hydrogens (primary N) is 1. The van der Waals surface area contributed by atoms with Crippen LogP contribution in [0.4, 0.5) is 13.6 Å². The molecule has 0 saturated carbocycles. The van der Waals surface area contributed by atoms with Gasteiger partial charge in [-0.1, -0.05) is 36.4 Å². The van der Waals surface area contributed by atoms with Crippen molar-refractivity contribution in [3.8, 4) is 0 Å². The topological polar surface area (TPSA) is 272 Å². The van der Waals surface area contributed by atoms with Gasteiger partial charge in [0.1, 0.15) is 11.6 Å². The van der Waals surface area contributed by atoms with Crippen LogP contribution >= 0.6 is 12.4 Å². The lowest BCUT2D eigenvalue weighted by Crippen LogP contribution is -2.52. The van der Waals surface area contributed by atoms with Gasteiger partial charge in [-0.2, -0.15) is 0 Å². The summed E-state index contributed by atoms with van der Waals surface area (Å²) in [6.45, 7) is 6.97. The van der Waals surface area contributed by atoms with E-state index in [0.717, 1.165) is 12.1 Å². The van der Waals surface area contributed by atoms with Crippen molar-refractivity contribution in [2.45, 2.75) is 26.3 Å². The van der Waals surface area contributed by atoms with Crippen molar-refractivity contribution in [2.75, 3.05) is 52.4 Å². The first kappa shape index (κ1) is 52.9. The summed E-state index contributed by atoms with van der Waals surface area (Å²) < 4.78 is 29.3. The summed E-state index contributed by atoms with van der Waals surface area (Å²) in [7, 11) is 0. The first-order valence-electron chi connectivity index (χ1n) is 22.2. The minimum absolute atomic E-state index is 0. The number of ketones is 2. The number of aromatic nitrogens is 2. The molecule has 2 aliphatic rings. The largest absolute Gasteiger partial charge is 0.360 e. The SMILES string of the molecule is CC(C)(C)NC(=O)NNC(=O)c1ccc(F)c2c(C(=O)C(=O)N3CCN(C(=O)c4ccccc4)CC3)c[nH]c12.Cl.NNC(=O)c1ccc(F)c2c(C(=O)C(=O)N3CCN(C(=O)c4ccccc4)CC3)c[nH]c12. The highest BCUT2D eigenvalue weighted by Crippen LogP contribution is 2.28. The number of fused-ring (bicyclic) bond motifs is 2. The number of halogens is 3. The summed E-state index contributed by atoms with van der Waals surface area (Å²) in [6.07, 6.45) is 2.39. The molecule has 8 rings (SSSR count). The number of carbonyl (C=O) groups is 9. The zero-order valence-electron chi connectivity index (χ0n) is 39.1. The fourth-order valence-corrected chi connectivity index (χ4v) is 8.05. The lowest BCUT2D eigenvalue weighted by molar-refractivity contribution is -0.128. The third-order valence-corrected chi connectivity index (χ3v) is 11.6. The molecule has 0 atom stereocenters. The van der Waals surface area contributed by atoms with Gasteiger partial charge in [0.05, 0.1) is 33.3 Å². The standard InChI is InChI=1S/C27H29FN6O5.C22H20FN5O4.ClH/c1-27(2,3)30-26(39)32-31-23(36)17-9-10-19(28)20-18(15-29-21(17)20)22(35)25(38)34-13-11-33(12-14-34)24(37)16-7-5-4-6-8-16;23-16-7-6-14(20(30)26-24)18-17(16)15(12-25-18)19(29)22(32)28-10-8-27(9-11-28)21(31)13-4-2-1-3-5-13;/h4-10,15,29H,11-14H2,1-3H3,(H,31,36)(H2,30,32,39);1-7,12,25H,8-11,24H2,(H,26,30);1H. The molecule has 20 nitrogen and oxygen atoms in total. The Balaban J connectivity index is 0.000000236. The van der Waals surface area contributed by atoms with Crippen LogP contribution in [0.3, 0.4) is 0 Å². The second kappa shape index (κ2) is 22.5. The van der Waals surface area contributed by atoms with Crippen LogP contribution in [0.5, 0.6) is 0 Å². The van der Waals surface area contributed by atoms with Crippen molar-refractivity contribution in [3.05, 3.63) is 142 Å². The van der Waals surface area contributed by atoms with E-state index in [2.05, 4.69) is 26.1 Å². The predicted molar refractivity (Wildman–Crippen MR) is 261 cm³/mol. The number of H-pyrrole nitrogens is 2. The number of hydrogen-bond acceptors (Lipinski definition) is 10. The van der Waals surface area contributed by atoms with Gasteiger partial charge in [0.2, 0.25) is 0 Å². The second-order valence-electron chi connectivity index (χ2n) is 17.4. The number of amides is 8. The summed E-state index contributed by atoms with van der Waals surface area (Å²) in [4.78, 5) is 125. The van der Waals surface area contributed by atoms with Crippen LogP contribution in [0.2, 0.25) is 0 Å². The Hall–Kier alpha value is -8.50. The smallest absolute Gasteiger partial charge is 0.333 e. The molecule has 2 aliphatic heterocycles. The Labute approximate surface area is 415 Å². The Morgan fingerprint density at radius 2 is 0.889 bits per heavy atom. The molecule has 23 heteroatoms. The van der Waals surface area contributed by atoms with E-state index in [4.69, 9.17) is 5.84 Å². The summed E-state index contributed by atoms with van der Waals surface area (Å²) in [6, 6.07) is 21.4. The molecule has 376 valence electrons. The molecule has 6 aromatic rings. The third kappa shape index (κ3) is 11.6. The normalized spacial score (nSPS) is 13.5. The maximum Gasteiger partial charge on any atom is 0.333 e. The first-order chi connectivity index (χ1) is 33.9. The minimum atomic E-state index is -0.941. The van der Waals surface area contributed by atoms with Crippen LogP contribution in [0.1, 0.15) is 82.9 Å².